The summed E-state index contributed by atoms with van der Waals surface area (Å²) in [5.74, 6) is -0.611. The van der Waals surface area contributed by atoms with Crippen LogP contribution < -0.4 is 10.5 Å². The third-order valence-corrected chi connectivity index (χ3v) is 5.46. The molecule has 1 heterocycles. The minimum Gasteiger partial charge on any atom is -0.326 e. The van der Waals surface area contributed by atoms with Gasteiger partial charge in [-0.3, -0.25) is 4.72 Å². The first-order valence-electron chi connectivity index (χ1n) is 5.60. The zero-order valence-electron chi connectivity index (χ0n) is 10.5. The number of benzene rings is 1. The van der Waals surface area contributed by atoms with E-state index in [2.05, 4.69) is 4.72 Å². The average molecular weight is 335 g/mol. The number of sulfonamides is 1. The van der Waals surface area contributed by atoms with Crippen molar-refractivity contribution in [3.05, 3.63) is 44.9 Å². The van der Waals surface area contributed by atoms with Gasteiger partial charge < -0.3 is 5.73 Å². The molecular weight excluding hydrogens is 323 g/mol. The molecule has 2 aromatic rings. The van der Waals surface area contributed by atoms with Crippen LogP contribution >= 0.6 is 22.9 Å². The van der Waals surface area contributed by atoms with Gasteiger partial charge in [0.05, 0.1) is 5.69 Å². The Morgan fingerprint density at radius 1 is 1.35 bits per heavy atom. The van der Waals surface area contributed by atoms with E-state index in [1.54, 1.807) is 6.92 Å². The Morgan fingerprint density at radius 2 is 2.05 bits per heavy atom. The predicted octanol–water partition coefficient (Wildman–Crippen LogP) is 3.11. The molecule has 0 atom stereocenters. The molecule has 20 heavy (non-hydrogen) atoms. The van der Waals surface area contributed by atoms with E-state index in [0.717, 1.165) is 17.0 Å². The molecule has 0 bridgehead atoms. The number of thiophene rings is 1. The van der Waals surface area contributed by atoms with E-state index in [1.165, 1.54) is 23.5 Å². The highest BCUT2D eigenvalue weighted by Crippen LogP contribution is 2.28. The van der Waals surface area contributed by atoms with E-state index in [4.69, 9.17) is 17.3 Å². The monoisotopic (exact) mass is 334 g/mol. The summed E-state index contributed by atoms with van der Waals surface area (Å²) in [6.45, 7) is 1.96. The van der Waals surface area contributed by atoms with Crippen molar-refractivity contribution in [2.24, 2.45) is 5.73 Å². The zero-order chi connectivity index (χ0) is 14.9. The maximum atomic E-state index is 13.2. The van der Waals surface area contributed by atoms with Crippen LogP contribution in [0.2, 0.25) is 5.02 Å². The van der Waals surface area contributed by atoms with Gasteiger partial charge in [0.25, 0.3) is 10.0 Å². The molecular formula is C12H12ClFN2O2S2. The molecule has 0 aliphatic carbocycles. The first kappa shape index (κ1) is 15.2. The lowest BCUT2D eigenvalue weighted by Gasteiger charge is -2.08. The van der Waals surface area contributed by atoms with Gasteiger partial charge in [-0.1, -0.05) is 11.6 Å². The molecule has 4 nitrogen and oxygen atoms in total. The number of halogens is 2. The second-order valence-corrected chi connectivity index (χ2v) is 7.53. The van der Waals surface area contributed by atoms with Gasteiger partial charge in [-0.25, -0.2) is 12.8 Å². The van der Waals surface area contributed by atoms with Crippen LogP contribution in [0.25, 0.3) is 0 Å². The molecule has 0 spiro atoms. The molecule has 0 aliphatic rings. The van der Waals surface area contributed by atoms with E-state index < -0.39 is 15.8 Å². The third kappa shape index (κ3) is 3.29. The highest BCUT2D eigenvalue weighted by molar-refractivity contribution is 7.93. The van der Waals surface area contributed by atoms with Crippen molar-refractivity contribution < 1.29 is 12.8 Å². The van der Waals surface area contributed by atoms with Crippen LogP contribution in [0.5, 0.6) is 0 Å². The Balaban J connectivity index is 2.37. The Bertz CT molecular complexity index is 724. The van der Waals surface area contributed by atoms with Crippen molar-refractivity contribution in [3.8, 4) is 0 Å². The summed E-state index contributed by atoms with van der Waals surface area (Å²) >= 11 is 7.01. The van der Waals surface area contributed by atoms with Gasteiger partial charge in [0.15, 0.2) is 0 Å². The summed E-state index contributed by atoms with van der Waals surface area (Å²) in [6.07, 6.45) is 0. The highest BCUT2D eigenvalue weighted by atomic mass is 35.5. The maximum Gasteiger partial charge on any atom is 0.263 e. The molecule has 0 radical (unpaired) electrons. The summed E-state index contributed by atoms with van der Waals surface area (Å²) in [7, 11) is -3.79. The van der Waals surface area contributed by atoms with E-state index in [1.807, 2.05) is 0 Å². The number of hydrogen-bond acceptors (Lipinski definition) is 4. The summed E-state index contributed by atoms with van der Waals surface area (Å²) in [6, 6.07) is 5.02. The van der Waals surface area contributed by atoms with Crippen LogP contribution in [0.3, 0.4) is 0 Å². The number of aryl methyl sites for hydroxylation is 1. The largest absolute Gasteiger partial charge is 0.326 e. The average Bonchev–Trinajstić information content (AvgIpc) is 2.69. The van der Waals surface area contributed by atoms with Crippen LogP contribution in [-0.4, -0.2) is 8.42 Å². The van der Waals surface area contributed by atoms with Crippen molar-refractivity contribution in [2.75, 3.05) is 4.72 Å². The first-order chi connectivity index (χ1) is 9.31. The minimum atomic E-state index is -3.79. The third-order valence-electron chi connectivity index (χ3n) is 2.53. The second-order valence-electron chi connectivity index (χ2n) is 4.10. The molecule has 0 amide bonds. The Hall–Kier alpha value is -1.15. The lowest BCUT2D eigenvalue weighted by molar-refractivity contribution is 0.601. The van der Waals surface area contributed by atoms with Gasteiger partial charge in [0.1, 0.15) is 10.7 Å². The van der Waals surface area contributed by atoms with Crippen molar-refractivity contribution in [2.45, 2.75) is 18.4 Å². The van der Waals surface area contributed by atoms with Gasteiger partial charge in [-0.05, 0) is 31.2 Å². The normalized spacial score (nSPS) is 11.6. The Morgan fingerprint density at radius 3 is 2.60 bits per heavy atom. The smallest absolute Gasteiger partial charge is 0.263 e. The molecule has 1 aromatic carbocycles. The van der Waals surface area contributed by atoms with E-state index >= 15 is 0 Å². The molecule has 108 valence electrons. The molecule has 0 saturated heterocycles. The molecule has 0 aliphatic heterocycles. The lowest BCUT2D eigenvalue weighted by atomic mass is 10.3. The predicted molar refractivity (Wildman–Crippen MR) is 79.2 cm³/mol. The molecule has 2 rings (SSSR count). The van der Waals surface area contributed by atoms with Crippen LogP contribution in [-0.2, 0) is 16.6 Å². The van der Waals surface area contributed by atoms with Crippen LogP contribution in [0.4, 0.5) is 10.1 Å². The molecule has 0 fully saturated rings. The zero-order valence-corrected chi connectivity index (χ0v) is 12.9. The van der Waals surface area contributed by atoms with Crippen LogP contribution in [0, 0.1) is 12.7 Å². The summed E-state index contributed by atoms with van der Waals surface area (Å²) in [5.41, 5.74) is 5.57. The summed E-state index contributed by atoms with van der Waals surface area (Å²) < 4.78 is 40.0. The van der Waals surface area contributed by atoms with Crippen molar-refractivity contribution in [3.63, 3.8) is 0 Å². The summed E-state index contributed by atoms with van der Waals surface area (Å²) in [5, 5.41) is 0.118. The molecule has 1 aromatic heterocycles. The quantitative estimate of drug-likeness (QED) is 0.902. The molecule has 0 saturated carbocycles. The van der Waals surface area contributed by atoms with Crippen molar-refractivity contribution >= 4 is 38.6 Å². The van der Waals surface area contributed by atoms with Gasteiger partial charge in [0, 0.05) is 21.3 Å². The van der Waals surface area contributed by atoms with Gasteiger partial charge in [-0.15, -0.1) is 11.3 Å². The van der Waals surface area contributed by atoms with E-state index in [-0.39, 0.29) is 22.2 Å². The Kier molecular flexibility index (Phi) is 4.33. The van der Waals surface area contributed by atoms with Gasteiger partial charge in [-0.2, -0.15) is 0 Å². The van der Waals surface area contributed by atoms with E-state index in [9.17, 15) is 12.8 Å². The standard InChI is InChI=1S/C12H12ClFN2O2S2/c1-7-12(5-11(6-15)19-7)20(17,18)16-10-3-8(13)2-9(14)4-10/h2-5,16H,6,15H2,1H3. The second kappa shape index (κ2) is 5.69. The SMILES string of the molecule is Cc1sc(CN)cc1S(=O)(=O)Nc1cc(F)cc(Cl)c1. The minimum absolute atomic E-state index is 0.0786. The molecule has 0 unspecified atom stereocenters. The van der Waals surface area contributed by atoms with Crippen molar-refractivity contribution in [1.29, 1.82) is 0 Å². The Labute approximate surface area is 125 Å². The summed E-state index contributed by atoms with van der Waals surface area (Å²) in [4.78, 5) is 1.53. The molecule has 3 N–H and O–H groups in total. The fourth-order valence-corrected chi connectivity index (χ4v) is 4.49. The van der Waals surface area contributed by atoms with Crippen LogP contribution in [0.15, 0.2) is 29.2 Å². The molecule has 8 heteroatoms. The number of nitrogens with two attached hydrogens (primary N) is 1. The van der Waals surface area contributed by atoms with Gasteiger partial charge in [0.2, 0.25) is 0 Å². The topological polar surface area (TPSA) is 72.2 Å². The van der Waals surface area contributed by atoms with Crippen LogP contribution in [0.1, 0.15) is 9.75 Å². The fraction of sp³-hybridized carbons (Fsp3) is 0.167. The number of hydrogen-bond donors (Lipinski definition) is 2. The fourth-order valence-electron chi connectivity index (χ4n) is 1.71. The van der Waals surface area contributed by atoms with Crippen molar-refractivity contribution in [1.82, 2.24) is 0 Å². The maximum absolute atomic E-state index is 13.2. The number of anilines is 1. The van der Waals surface area contributed by atoms with Gasteiger partial charge >= 0.3 is 0 Å². The number of nitrogens with one attached hydrogen (secondary N) is 1. The van der Waals surface area contributed by atoms with E-state index in [0.29, 0.717) is 4.88 Å². The highest BCUT2D eigenvalue weighted by Gasteiger charge is 2.20. The first-order valence-corrected chi connectivity index (χ1v) is 8.28. The lowest BCUT2D eigenvalue weighted by Crippen LogP contribution is -2.13. The number of rotatable bonds is 4.